The average Bonchev–Trinajstić information content (AvgIpc) is 1.55. The van der Waals surface area contributed by atoms with Crippen LogP contribution in [0.15, 0.2) is 82.1 Å². The first kappa shape index (κ1) is 65.0. The van der Waals surface area contributed by atoms with E-state index in [2.05, 4.69) is 76.1 Å². The van der Waals surface area contributed by atoms with Crippen LogP contribution >= 0.6 is 23.2 Å². The molecule has 2 aromatic carbocycles. The normalized spacial score (nSPS) is 13.9. The highest BCUT2D eigenvalue weighted by Gasteiger charge is 2.40. The molecule has 22 heteroatoms. The van der Waals surface area contributed by atoms with Crippen LogP contribution in [0.2, 0.25) is 28.2 Å². The van der Waals surface area contributed by atoms with Crippen molar-refractivity contribution in [3.8, 4) is 56.8 Å². The Morgan fingerprint density at radius 2 is 1.16 bits per heavy atom. The van der Waals surface area contributed by atoms with Crippen molar-refractivity contribution >= 4 is 49.2 Å². The maximum absolute atomic E-state index is 12.9. The second-order valence-electron chi connectivity index (χ2n) is 25.2. The van der Waals surface area contributed by atoms with E-state index < -0.39 is 32.2 Å². The van der Waals surface area contributed by atoms with Crippen molar-refractivity contribution in [2.24, 2.45) is 0 Å². The second-order valence-corrected chi connectivity index (χ2v) is 30.8. The van der Waals surface area contributed by atoms with Gasteiger partial charge in [0.05, 0.1) is 87.2 Å². The summed E-state index contributed by atoms with van der Waals surface area (Å²) in [7, 11) is -0.523. The molecule has 2 aliphatic rings. The molecule has 1 amide bonds. The number of carbonyl (C=O) groups excluding carboxylic acids is 1. The molecule has 8 heterocycles. The summed E-state index contributed by atoms with van der Waals surface area (Å²) in [5, 5.41) is 19.4. The van der Waals surface area contributed by atoms with Gasteiger partial charge in [0.25, 0.3) is 0 Å². The average molecular weight is 1260 g/mol. The minimum atomic E-state index is -2.24. The highest BCUT2D eigenvalue weighted by atomic mass is 35.5. The molecule has 0 bridgehead atoms. The van der Waals surface area contributed by atoms with Gasteiger partial charge in [0.2, 0.25) is 0 Å². The lowest BCUT2D eigenvalue weighted by molar-refractivity contribution is 0.0172. The second kappa shape index (κ2) is 26.7. The summed E-state index contributed by atoms with van der Waals surface area (Å²) < 4.78 is 35.7. The van der Waals surface area contributed by atoms with Crippen LogP contribution in [-0.2, 0) is 35.3 Å². The van der Waals surface area contributed by atoms with Crippen LogP contribution in [0.1, 0.15) is 118 Å². The first-order valence-corrected chi connectivity index (χ1v) is 33.4. The molecule has 0 saturated carbocycles. The van der Waals surface area contributed by atoms with Gasteiger partial charge < -0.3 is 47.5 Å². The van der Waals surface area contributed by atoms with E-state index in [9.17, 15) is 9.90 Å². The lowest BCUT2D eigenvalue weighted by Crippen LogP contribution is -2.49. The zero-order valence-electron chi connectivity index (χ0n) is 53.4. The van der Waals surface area contributed by atoms with Gasteiger partial charge in [-0.25, -0.2) is 24.7 Å². The van der Waals surface area contributed by atoms with Crippen molar-refractivity contribution in [3.05, 3.63) is 140 Å². The number of hydrogen-bond acceptors (Lipinski definition) is 18. The van der Waals surface area contributed by atoms with Crippen LogP contribution in [-0.4, -0.2) is 109 Å². The SMILES string of the molecule is CCC[C@@H](O)COc1ccc(Cl)c(-c2nc(-c3c(C)noc3C)c(C)c(N3Cc4cccnc4C3)n2)c1.Cc1noc(C)c1-c1nc(-c2cc(OC[C@@H](CN(C)C(=O)OC(C)(C)C)O[Si](C)(C)C(C)(C)C)ccc2Cl)nc(N2Cc3cccnc3C2)c1C. The van der Waals surface area contributed by atoms with Crippen molar-refractivity contribution in [2.45, 2.75) is 165 Å². The number of halogens is 2. The van der Waals surface area contributed by atoms with Gasteiger partial charge >= 0.3 is 6.09 Å². The smallest absolute Gasteiger partial charge is 0.410 e. The zero-order valence-corrected chi connectivity index (χ0v) is 55.9. The number of aromatic nitrogens is 8. The standard InChI is InChI=1S/C38H51ClN6O5Si.C28H30ClN5O3/c1-23-33(32-24(2)43-49-25(32)3)41-34(42-35(23)45-19-26-14-13-17-40-31(26)21-45)29-18-27(15-16-30(29)39)47-22-28(50-51(11,12)38(7,8)9)20-44(10)36(46)48-37(4,5)6;1-5-7-20(35)15-36-21-9-10-23(29)22(12-21)27-31-26(25-17(3)33-37-18(25)4)16(2)28(32-27)34-13-19-8-6-11-30-24(19)14-34/h13-18,28H,19-22H2,1-12H3;6,8-12,20,35H,5,7,13-15H2,1-4H3/t28-;20-/m11/s1. The summed E-state index contributed by atoms with van der Waals surface area (Å²) in [5.74, 6) is 5.04. The quantitative estimate of drug-likeness (QED) is 0.0791. The molecule has 0 aliphatic carbocycles. The number of pyridine rings is 2. The van der Waals surface area contributed by atoms with Crippen LogP contribution in [0.3, 0.4) is 0 Å². The summed E-state index contributed by atoms with van der Waals surface area (Å²) >= 11 is 13.6. The van der Waals surface area contributed by atoms with Gasteiger partial charge in [0.15, 0.2) is 20.0 Å². The number of aryl methyl sites for hydroxylation is 4. The number of fused-ring (bicyclic) bond motifs is 2. The van der Waals surface area contributed by atoms with Crippen molar-refractivity contribution in [3.63, 3.8) is 0 Å². The van der Waals surface area contributed by atoms with Crippen molar-refractivity contribution in [1.29, 1.82) is 0 Å². The Kier molecular flexibility index (Phi) is 19.7. The number of amides is 1. The molecule has 88 heavy (non-hydrogen) atoms. The Labute approximate surface area is 527 Å². The number of hydrogen-bond donors (Lipinski definition) is 1. The van der Waals surface area contributed by atoms with E-state index in [4.69, 9.17) is 70.8 Å². The van der Waals surface area contributed by atoms with E-state index in [0.29, 0.717) is 95.0 Å². The minimum absolute atomic E-state index is 0.0463. The molecule has 8 aromatic rings. The van der Waals surface area contributed by atoms with Gasteiger partial charge in [-0.1, -0.05) is 79.8 Å². The number of likely N-dealkylation sites (N-methyl/N-ethyl adjacent to an activating group) is 1. The van der Waals surface area contributed by atoms with E-state index in [1.165, 1.54) is 5.56 Å². The molecular weight excluding hydrogens is 1170 g/mol. The van der Waals surface area contributed by atoms with Gasteiger partial charge in [0, 0.05) is 54.8 Å². The fourth-order valence-corrected chi connectivity index (χ4v) is 12.2. The number of aliphatic hydroxyl groups is 1. The van der Waals surface area contributed by atoms with Crippen LogP contribution in [0, 0.1) is 41.5 Å². The van der Waals surface area contributed by atoms with Crippen molar-refractivity contribution < 1.29 is 37.6 Å². The van der Waals surface area contributed by atoms with Crippen LogP contribution in [0.4, 0.5) is 16.4 Å². The van der Waals surface area contributed by atoms with Crippen molar-refractivity contribution in [2.75, 3.05) is 36.6 Å². The van der Waals surface area contributed by atoms with Crippen LogP contribution < -0.4 is 19.3 Å². The Hall–Kier alpha value is -7.49. The van der Waals surface area contributed by atoms with Crippen molar-refractivity contribution in [1.82, 2.24) is 45.1 Å². The van der Waals surface area contributed by atoms with E-state index in [1.807, 2.05) is 112 Å². The monoisotopic (exact) mass is 1250 g/mol. The maximum Gasteiger partial charge on any atom is 0.410 e. The summed E-state index contributed by atoms with van der Waals surface area (Å²) in [5.41, 5.74) is 11.6. The highest BCUT2D eigenvalue weighted by molar-refractivity contribution is 6.74. The van der Waals surface area contributed by atoms with E-state index in [1.54, 1.807) is 30.1 Å². The Morgan fingerprint density at radius 1 is 0.693 bits per heavy atom. The first-order chi connectivity index (χ1) is 41.6. The van der Waals surface area contributed by atoms with Crippen LogP contribution in [0.5, 0.6) is 11.5 Å². The molecule has 466 valence electrons. The molecule has 0 unspecified atom stereocenters. The molecule has 1 N–H and O–H groups in total. The molecule has 0 spiro atoms. The Morgan fingerprint density at radius 3 is 1.57 bits per heavy atom. The van der Waals surface area contributed by atoms with Gasteiger partial charge in [-0.2, -0.15) is 0 Å². The predicted molar refractivity (Wildman–Crippen MR) is 345 cm³/mol. The largest absolute Gasteiger partial charge is 0.491 e. The first-order valence-electron chi connectivity index (χ1n) is 29.7. The lowest BCUT2D eigenvalue weighted by Gasteiger charge is -2.40. The Balaban J connectivity index is 0.000000220. The van der Waals surface area contributed by atoms with Crippen LogP contribution in [0.25, 0.3) is 45.3 Å². The predicted octanol–water partition coefficient (Wildman–Crippen LogP) is 14.8. The van der Waals surface area contributed by atoms with Gasteiger partial charge in [-0.3, -0.25) is 9.97 Å². The molecular formula is C66H81Cl2N11O8Si. The summed E-state index contributed by atoms with van der Waals surface area (Å²) in [6.45, 7) is 33.5. The zero-order chi connectivity index (χ0) is 63.6. The third kappa shape index (κ3) is 14.8. The fraction of sp³-hybridized carbons (Fsp3) is 0.439. The number of carbonyl (C=O) groups is 1. The lowest BCUT2D eigenvalue weighted by atomic mass is 10.0. The fourth-order valence-electron chi connectivity index (χ4n) is 10.5. The number of anilines is 2. The molecule has 0 fully saturated rings. The highest BCUT2D eigenvalue weighted by Crippen LogP contribution is 2.42. The molecule has 10 rings (SSSR count). The maximum atomic E-state index is 12.9. The van der Waals surface area contributed by atoms with E-state index in [0.717, 1.165) is 80.0 Å². The van der Waals surface area contributed by atoms with Gasteiger partial charge in [0.1, 0.15) is 53.5 Å². The topological polar surface area (TPSA) is 213 Å². The number of ether oxygens (including phenoxy) is 3. The van der Waals surface area contributed by atoms with E-state index >= 15 is 0 Å². The molecule has 19 nitrogen and oxygen atoms in total. The van der Waals surface area contributed by atoms with E-state index in [-0.39, 0.29) is 18.3 Å². The minimum Gasteiger partial charge on any atom is -0.491 e. The molecule has 0 radical (unpaired) electrons. The number of aliphatic hydroxyl groups excluding tert-OH is 1. The number of rotatable bonds is 18. The molecule has 2 aliphatic heterocycles. The summed E-state index contributed by atoms with van der Waals surface area (Å²) in [6, 6.07) is 19.0. The molecule has 0 saturated heterocycles. The summed E-state index contributed by atoms with van der Waals surface area (Å²) in [6.07, 6.45) is 3.84. The van der Waals surface area contributed by atoms with Gasteiger partial charge in [-0.15, -0.1) is 0 Å². The van der Waals surface area contributed by atoms with Gasteiger partial charge in [-0.05, 0) is 147 Å². The Bertz CT molecular complexity index is 3730. The number of benzene rings is 2. The number of nitrogens with zero attached hydrogens (tertiary/aromatic N) is 11. The summed E-state index contributed by atoms with van der Waals surface area (Å²) in [4.78, 5) is 48.2. The molecule has 6 aromatic heterocycles. The third-order valence-corrected chi connectivity index (χ3v) is 21.3. The molecule has 2 atom stereocenters. The third-order valence-electron chi connectivity index (χ3n) is 16.1.